The van der Waals surface area contributed by atoms with Gasteiger partial charge in [0.05, 0.1) is 5.57 Å². The van der Waals surface area contributed by atoms with Crippen molar-refractivity contribution in [3.8, 4) is 0 Å². The van der Waals surface area contributed by atoms with E-state index in [2.05, 4.69) is 5.32 Å². The molecule has 0 fully saturated rings. The quantitative estimate of drug-likeness (QED) is 0.630. The molecule has 102 valence electrons. The Morgan fingerprint density at radius 2 is 1.95 bits per heavy atom. The molecule has 3 heteroatoms. The number of allylic oxidation sites excluding steroid dienone is 2. The predicted molar refractivity (Wildman–Crippen MR) is 79.3 cm³/mol. The number of benzene rings is 1. The largest absolute Gasteiger partial charge is 0.402 e. The molecule has 1 amide bonds. The summed E-state index contributed by atoms with van der Waals surface area (Å²) in [7, 11) is 0. The Kier molecular flexibility index (Phi) is 5.86. The highest BCUT2D eigenvalue weighted by molar-refractivity contribution is 5.96. The maximum absolute atomic E-state index is 12.0. The topological polar surface area (TPSA) is 55.1 Å². The van der Waals surface area contributed by atoms with Crippen molar-refractivity contribution in [2.24, 2.45) is 5.73 Å². The van der Waals surface area contributed by atoms with E-state index in [0.717, 1.165) is 12.0 Å². The number of nitrogens with two attached hydrogens (primary N) is 1. The van der Waals surface area contributed by atoms with Crippen molar-refractivity contribution in [1.29, 1.82) is 0 Å². The molecule has 0 aromatic heterocycles. The van der Waals surface area contributed by atoms with Crippen molar-refractivity contribution in [3.63, 3.8) is 0 Å². The van der Waals surface area contributed by atoms with Crippen LogP contribution in [0.3, 0.4) is 0 Å². The molecule has 1 rings (SSSR count). The standard InChI is InChI=1S/C16H22N2O/c1-4-5-6-15(13(3)17)16(19)18-11-14-9-7-12(2)8-10-14/h5-10H,4,11,17H2,1-3H3,(H,18,19)/b6-5-,15-13-. The summed E-state index contributed by atoms with van der Waals surface area (Å²) < 4.78 is 0. The Balaban J connectivity index is 2.66. The monoisotopic (exact) mass is 258 g/mol. The van der Waals surface area contributed by atoms with Gasteiger partial charge in [-0.05, 0) is 25.8 Å². The molecular formula is C16H22N2O. The Morgan fingerprint density at radius 1 is 1.32 bits per heavy atom. The zero-order chi connectivity index (χ0) is 14.3. The number of hydrogen-bond donors (Lipinski definition) is 2. The first-order valence-electron chi connectivity index (χ1n) is 6.51. The smallest absolute Gasteiger partial charge is 0.253 e. The van der Waals surface area contributed by atoms with Gasteiger partial charge in [0.15, 0.2) is 0 Å². The number of carbonyl (C=O) groups excluding carboxylic acids is 1. The second-order valence-corrected chi connectivity index (χ2v) is 4.58. The molecule has 3 N–H and O–H groups in total. The molecule has 0 heterocycles. The SMILES string of the molecule is CC/C=C\C(C(=O)NCc1ccc(C)cc1)=C(/C)N. The van der Waals surface area contributed by atoms with E-state index in [-0.39, 0.29) is 5.91 Å². The van der Waals surface area contributed by atoms with Gasteiger partial charge < -0.3 is 11.1 Å². The van der Waals surface area contributed by atoms with Crippen LogP contribution in [0.1, 0.15) is 31.4 Å². The van der Waals surface area contributed by atoms with Gasteiger partial charge in [0, 0.05) is 12.2 Å². The average molecular weight is 258 g/mol. The van der Waals surface area contributed by atoms with Gasteiger partial charge in [-0.15, -0.1) is 0 Å². The minimum Gasteiger partial charge on any atom is -0.402 e. The zero-order valence-corrected chi connectivity index (χ0v) is 11.9. The van der Waals surface area contributed by atoms with Crippen LogP contribution >= 0.6 is 0 Å². The molecule has 0 unspecified atom stereocenters. The van der Waals surface area contributed by atoms with E-state index in [9.17, 15) is 4.79 Å². The predicted octanol–water partition coefficient (Wildman–Crippen LogP) is 2.81. The fraction of sp³-hybridized carbons (Fsp3) is 0.312. The molecule has 3 nitrogen and oxygen atoms in total. The van der Waals surface area contributed by atoms with E-state index < -0.39 is 0 Å². The summed E-state index contributed by atoms with van der Waals surface area (Å²) in [6.07, 6.45) is 4.58. The summed E-state index contributed by atoms with van der Waals surface area (Å²) in [5, 5.41) is 2.88. The van der Waals surface area contributed by atoms with E-state index in [0.29, 0.717) is 17.8 Å². The molecule has 0 saturated carbocycles. The van der Waals surface area contributed by atoms with Gasteiger partial charge in [0.25, 0.3) is 5.91 Å². The van der Waals surface area contributed by atoms with Crippen molar-refractivity contribution in [1.82, 2.24) is 5.32 Å². The van der Waals surface area contributed by atoms with Gasteiger partial charge >= 0.3 is 0 Å². The van der Waals surface area contributed by atoms with Crippen molar-refractivity contribution in [2.45, 2.75) is 33.7 Å². The molecule has 0 saturated heterocycles. The van der Waals surface area contributed by atoms with E-state index in [1.54, 1.807) is 13.0 Å². The minimum atomic E-state index is -0.134. The van der Waals surface area contributed by atoms with Crippen molar-refractivity contribution < 1.29 is 4.79 Å². The Morgan fingerprint density at radius 3 is 2.47 bits per heavy atom. The average Bonchev–Trinajstić information content (AvgIpc) is 2.38. The van der Waals surface area contributed by atoms with Crippen LogP contribution in [-0.4, -0.2) is 5.91 Å². The van der Waals surface area contributed by atoms with Crippen molar-refractivity contribution in [3.05, 3.63) is 58.8 Å². The highest BCUT2D eigenvalue weighted by atomic mass is 16.1. The lowest BCUT2D eigenvalue weighted by atomic mass is 10.1. The summed E-state index contributed by atoms with van der Waals surface area (Å²) in [5.41, 5.74) is 9.09. The third-order valence-corrected chi connectivity index (χ3v) is 2.76. The Labute approximate surface area is 115 Å². The second-order valence-electron chi connectivity index (χ2n) is 4.58. The minimum absolute atomic E-state index is 0.134. The molecule has 0 aliphatic carbocycles. The van der Waals surface area contributed by atoms with Crippen LogP contribution in [0.5, 0.6) is 0 Å². The maximum atomic E-state index is 12.0. The molecule has 0 aliphatic heterocycles. The highest BCUT2D eigenvalue weighted by Gasteiger charge is 2.08. The molecule has 1 aromatic rings. The van der Waals surface area contributed by atoms with Crippen LogP contribution in [0.15, 0.2) is 47.7 Å². The summed E-state index contributed by atoms with van der Waals surface area (Å²) in [6, 6.07) is 8.08. The molecule has 0 aliphatic rings. The number of rotatable bonds is 5. The molecule has 1 aromatic carbocycles. The third kappa shape index (κ3) is 5.00. The number of carbonyl (C=O) groups is 1. The molecule has 0 radical (unpaired) electrons. The van der Waals surface area contributed by atoms with Gasteiger partial charge in [-0.2, -0.15) is 0 Å². The lowest BCUT2D eigenvalue weighted by Crippen LogP contribution is -2.25. The zero-order valence-electron chi connectivity index (χ0n) is 11.9. The van der Waals surface area contributed by atoms with Crippen molar-refractivity contribution >= 4 is 5.91 Å². The summed E-state index contributed by atoms with van der Waals surface area (Å²) >= 11 is 0. The first kappa shape index (κ1) is 15.0. The number of amides is 1. The maximum Gasteiger partial charge on any atom is 0.253 e. The fourth-order valence-corrected chi connectivity index (χ4v) is 1.61. The fourth-order valence-electron chi connectivity index (χ4n) is 1.61. The van der Waals surface area contributed by atoms with E-state index >= 15 is 0 Å². The van der Waals surface area contributed by atoms with Crippen LogP contribution in [0, 0.1) is 6.92 Å². The van der Waals surface area contributed by atoms with Gasteiger partial charge in [-0.1, -0.05) is 48.9 Å². The molecular weight excluding hydrogens is 236 g/mol. The van der Waals surface area contributed by atoms with Crippen LogP contribution < -0.4 is 11.1 Å². The first-order valence-corrected chi connectivity index (χ1v) is 6.51. The van der Waals surface area contributed by atoms with Gasteiger partial charge in [-0.3, -0.25) is 4.79 Å². The van der Waals surface area contributed by atoms with E-state index in [1.807, 2.05) is 44.2 Å². The first-order chi connectivity index (χ1) is 9.04. The van der Waals surface area contributed by atoms with E-state index in [1.165, 1.54) is 5.56 Å². The second kappa shape index (κ2) is 7.41. The highest BCUT2D eigenvalue weighted by Crippen LogP contribution is 2.05. The third-order valence-electron chi connectivity index (χ3n) is 2.76. The van der Waals surface area contributed by atoms with Crippen molar-refractivity contribution in [2.75, 3.05) is 0 Å². The van der Waals surface area contributed by atoms with Gasteiger partial charge in [-0.25, -0.2) is 0 Å². The Bertz CT molecular complexity index is 480. The van der Waals surface area contributed by atoms with E-state index in [4.69, 9.17) is 5.73 Å². The van der Waals surface area contributed by atoms with Crippen LogP contribution in [0.2, 0.25) is 0 Å². The molecule has 19 heavy (non-hydrogen) atoms. The molecule has 0 spiro atoms. The molecule has 0 atom stereocenters. The number of hydrogen-bond acceptors (Lipinski definition) is 2. The normalized spacial score (nSPS) is 12.4. The number of nitrogens with one attached hydrogen (secondary N) is 1. The lowest BCUT2D eigenvalue weighted by Gasteiger charge is -2.08. The Hall–Kier alpha value is -2.03. The van der Waals surface area contributed by atoms with Crippen LogP contribution in [0.25, 0.3) is 0 Å². The molecule has 0 bridgehead atoms. The summed E-state index contributed by atoms with van der Waals surface area (Å²) in [5.74, 6) is -0.134. The van der Waals surface area contributed by atoms with Crippen LogP contribution in [-0.2, 0) is 11.3 Å². The summed E-state index contributed by atoms with van der Waals surface area (Å²) in [6.45, 7) is 6.30. The lowest BCUT2D eigenvalue weighted by molar-refractivity contribution is -0.117. The number of aryl methyl sites for hydroxylation is 1. The van der Waals surface area contributed by atoms with Gasteiger partial charge in [0.1, 0.15) is 0 Å². The van der Waals surface area contributed by atoms with Crippen LogP contribution in [0.4, 0.5) is 0 Å². The van der Waals surface area contributed by atoms with Gasteiger partial charge in [0.2, 0.25) is 0 Å². The summed E-state index contributed by atoms with van der Waals surface area (Å²) in [4.78, 5) is 12.0.